The highest BCUT2D eigenvalue weighted by Gasteiger charge is 2.22. The number of hydrogen-bond donors (Lipinski definition) is 2. The standard InChI is InChI=1S/C10H14N2O2/c1-13-10-5-8-4-7(6-12-11)2-3-9(8)14-10/h2-4,10,12H,5-6,11H2,1H3. The maximum atomic E-state index is 5.52. The van der Waals surface area contributed by atoms with Gasteiger partial charge in [0.1, 0.15) is 5.75 Å². The van der Waals surface area contributed by atoms with Crippen molar-refractivity contribution in [3.05, 3.63) is 29.3 Å². The largest absolute Gasteiger partial charge is 0.464 e. The molecule has 0 saturated carbocycles. The van der Waals surface area contributed by atoms with Gasteiger partial charge in [-0.1, -0.05) is 12.1 Å². The van der Waals surface area contributed by atoms with Crippen LogP contribution >= 0.6 is 0 Å². The molecular weight excluding hydrogens is 180 g/mol. The van der Waals surface area contributed by atoms with Gasteiger partial charge in [-0.05, 0) is 11.6 Å². The molecule has 0 amide bonds. The first-order valence-corrected chi connectivity index (χ1v) is 4.58. The number of ether oxygens (including phenoxy) is 2. The van der Waals surface area contributed by atoms with Crippen LogP contribution in [0.5, 0.6) is 5.75 Å². The second kappa shape index (κ2) is 3.96. The zero-order valence-electron chi connectivity index (χ0n) is 8.12. The molecule has 0 aromatic heterocycles. The highest BCUT2D eigenvalue weighted by Crippen LogP contribution is 2.29. The summed E-state index contributed by atoms with van der Waals surface area (Å²) in [7, 11) is 1.65. The molecule has 0 radical (unpaired) electrons. The number of nitrogens with two attached hydrogens (primary N) is 1. The number of nitrogens with one attached hydrogen (secondary N) is 1. The summed E-state index contributed by atoms with van der Waals surface area (Å²) in [5, 5.41) is 0. The lowest BCUT2D eigenvalue weighted by Crippen LogP contribution is -2.20. The molecule has 0 saturated heterocycles. The Morgan fingerprint density at radius 1 is 1.64 bits per heavy atom. The van der Waals surface area contributed by atoms with E-state index in [1.54, 1.807) is 7.11 Å². The fraction of sp³-hybridized carbons (Fsp3) is 0.400. The molecule has 76 valence electrons. The van der Waals surface area contributed by atoms with Crippen molar-refractivity contribution in [3.8, 4) is 5.75 Å². The molecule has 1 atom stereocenters. The Morgan fingerprint density at radius 3 is 3.21 bits per heavy atom. The number of methoxy groups -OCH3 is 1. The van der Waals surface area contributed by atoms with Crippen LogP contribution in [0.4, 0.5) is 0 Å². The molecule has 0 fully saturated rings. The summed E-state index contributed by atoms with van der Waals surface area (Å²) >= 11 is 0. The van der Waals surface area contributed by atoms with Crippen LogP contribution in [0.3, 0.4) is 0 Å². The van der Waals surface area contributed by atoms with E-state index in [4.69, 9.17) is 15.3 Å². The monoisotopic (exact) mass is 194 g/mol. The first kappa shape index (κ1) is 9.45. The zero-order chi connectivity index (χ0) is 9.97. The molecule has 3 N–H and O–H groups in total. The molecule has 4 nitrogen and oxygen atoms in total. The highest BCUT2D eigenvalue weighted by molar-refractivity contribution is 5.40. The van der Waals surface area contributed by atoms with Crippen LogP contribution in [-0.2, 0) is 17.7 Å². The summed E-state index contributed by atoms with van der Waals surface area (Å²) in [6.07, 6.45) is 0.677. The van der Waals surface area contributed by atoms with E-state index in [1.165, 1.54) is 5.56 Å². The van der Waals surface area contributed by atoms with E-state index in [2.05, 4.69) is 11.5 Å². The van der Waals surface area contributed by atoms with E-state index in [9.17, 15) is 0 Å². The Morgan fingerprint density at radius 2 is 2.50 bits per heavy atom. The van der Waals surface area contributed by atoms with Crippen molar-refractivity contribution in [1.82, 2.24) is 5.43 Å². The summed E-state index contributed by atoms with van der Waals surface area (Å²) in [5.74, 6) is 6.17. The second-order valence-electron chi connectivity index (χ2n) is 3.31. The molecule has 0 spiro atoms. The molecule has 1 aromatic carbocycles. The molecular formula is C10H14N2O2. The molecule has 2 rings (SSSR count). The van der Waals surface area contributed by atoms with Crippen LogP contribution in [0, 0.1) is 0 Å². The molecule has 14 heavy (non-hydrogen) atoms. The van der Waals surface area contributed by atoms with Crippen molar-refractivity contribution >= 4 is 0 Å². The van der Waals surface area contributed by atoms with Crippen LogP contribution < -0.4 is 16.0 Å². The quantitative estimate of drug-likeness (QED) is 0.545. The molecule has 0 bridgehead atoms. The van der Waals surface area contributed by atoms with Gasteiger partial charge in [0.15, 0.2) is 0 Å². The Balaban J connectivity index is 2.17. The lowest BCUT2D eigenvalue weighted by atomic mass is 10.1. The van der Waals surface area contributed by atoms with Gasteiger partial charge >= 0.3 is 0 Å². The van der Waals surface area contributed by atoms with Crippen molar-refractivity contribution < 1.29 is 9.47 Å². The molecule has 4 heteroatoms. The minimum atomic E-state index is -0.133. The number of hydrazine groups is 1. The third-order valence-corrected chi connectivity index (χ3v) is 2.34. The van der Waals surface area contributed by atoms with E-state index >= 15 is 0 Å². The average Bonchev–Trinajstić information content (AvgIpc) is 2.60. The average molecular weight is 194 g/mol. The van der Waals surface area contributed by atoms with E-state index in [0.29, 0.717) is 6.54 Å². The predicted molar refractivity (Wildman–Crippen MR) is 52.6 cm³/mol. The molecule has 1 aliphatic heterocycles. The minimum Gasteiger partial charge on any atom is -0.464 e. The first-order valence-electron chi connectivity index (χ1n) is 4.58. The first-order chi connectivity index (χ1) is 6.83. The van der Waals surface area contributed by atoms with Gasteiger partial charge in [0.25, 0.3) is 0 Å². The summed E-state index contributed by atoms with van der Waals surface area (Å²) in [5.41, 5.74) is 4.97. The molecule has 1 aromatic rings. The van der Waals surface area contributed by atoms with Gasteiger partial charge < -0.3 is 9.47 Å². The second-order valence-corrected chi connectivity index (χ2v) is 3.31. The zero-order valence-corrected chi connectivity index (χ0v) is 8.12. The number of benzene rings is 1. The van der Waals surface area contributed by atoms with E-state index < -0.39 is 0 Å². The molecule has 1 heterocycles. The predicted octanol–water partition coefficient (Wildman–Crippen LogP) is 0.557. The van der Waals surface area contributed by atoms with Crippen LogP contribution in [0.2, 0.25) is 0 Å². The maximum absolute atomic E-state index is 5.52. The fourth-order valence-corrected chi connectivity index (χ4v) is 1.63. The summed E-state index contributed by atoms with van der Waals surface area (Å²) in [4.78, 5) is 0. The Labute approximate surface area is 83.0 Å². The van der Waals surface area contributed by atoms with Crippen LogP contribution in [0.25, 0.3) is 0 Å². The SMILES string of the molecule is COC1Cc2cc(CNN)ccc2O1. The van der Waals surface area contributed by atoms with Gasteiger partial charge in [0, 0.05) is 25.6 Å². The van der Waals surface area contributed by atoms with E-state index in [0.717, 1.165) is 17.7 Å². The van der Waals surface area contributed by atoms with Gasteiger partial charge in [0.2, 0.25) is 6.29 Å². The van der Waals surface area contributed by atoms with Crippen molar-refractivity contribution in [2.45, 2.75) is 19.3 Å². The minimum absolute atomic E-state index is 0.133. The molecule has 1 aliphatic rings. The highest BCUT2D eigenvalue weighted by atomic mass is 16.7. The van der Waals surface area contributed by atoms with Crippen molar-refractivity contribution in [3.63, 3.8) is 0 Å². The van der Waals surface area contributed by atoms with E-state index in [-0.39, 0.29) is 6.29 Å². The van der Waals surface area contributed by atoms with Crippen LogP contribution in [0.1, 0.15) is 11.1 Å². The lowest BCUT2D eigenvalue weighted by Gasteiger charge is -2.06. The normalized spacial score (nSPS) is 19.1. The van der Waals surface area contributed by atoms with Gasteiger partial charge in [-0.2, -0.15) is 0 Å². The van der Waals surface area contributed by atoms with Gasteiger partial charge in [0.05, 0.1) is 0 Å². The lowest BCUT2D eigenvalue weighted by molar-refractivity contribution is -0.0367. The third-order valence-electron chi connectivity index (χ3n) is 2.34. The van der Waals surface area contributed by atoms with Crippen molar-refractivity contribution in [2.75, 3.05) is 7.11 Å². The number of rotatable bonds is 3. The molecule has 0 aliphatic carbocycles. The van der Waals surface area contributed by atoms with Gasteiger partial charge in [-0.25, -0.2) is 0 Å². The Kier molecular flexibility index (Phi) is 2.67. The smallest absolute Gasteiger partial charge is 0.203 e. The third kappa shape index (κ3) is 1.72. The number of hydrogen-bond acceptors (Lipinski definition) is 4. The summed E-state index contributed by atoms with van der Waals surface area (Å²) in [6.45, 7) is 0.672. The topological polar surface area (TPSA) is 56.5 Å². The molecule has 1 unspecified atom stereocenters. The Hall–Kier alpha value is -1.10. The Bertz CT molecular complexity index is 328. The van der Waals surface area contributed by atoms with Gasteiger partial charge in [-0.3, -0.25) is 11.3 Å². The fourth-order valence-electron chi connectivity index (χ4n) is 1.63. The van der Waals surface area contributed by atoms with Gasteiger partial charge in [-0.15, -0.1) is 0 Å². The maximum Gasteiger partial charge on any atom is 0.203 e. The van der Waals surface area contributed by atoms with Crippen LogP contribution in [0.15, 0.2) is 18.2 Å². The van der Waals surface area contributed by atoms with E-state index in [1.807, 2.05) is 12.1 Å². The van der Waals surface area contributed by atoms with Crippen LogP contribution in [-0.4, -0.2) is 13.4 Å². The van der Waals surface area contributed by atoms with Crippen molar-refractivity contribution in [2.24, 2.45) is 5.84 Å². The number of fused-ring (bicyclic) bond motifs is 1. The summed E-state index contributed by atoms with van der Waals surface area (Å²) in [6, 6.07) is 6.05. The summed E-state index contributed by atoms with van der Waals surface area (Å²) < 4.78 is 10.6. The van der Waals surface area contributed by atoms with Crippen molar-refractivity contribution in [1.29, 1.82) is 0 Å².